The number of hydrogen-bond acceptors (Lipinski definition) is 6. The summed E-state index contributed by atoms with van der Waals surface area (Å²) in [5.41, 5.74) is 3.09. The van der Waals surface area contributed by atoms with E-state index in [1.807, 2.05) is 6.92 Å². The first-order valence-electron chi connectivity index (χ1n) is 11.0. The fraction of sp³-hybridized carbons (Fsp3) is 0.458. The van der Waals surface area contributed by atoms with Crippen molar-refractivity contribution in [2.24, 2.45) is 0 Å². The molecule has 8 nitrogen and oxygen atoms in total. The maximum atomic E-state index is 13.3. The minimum atomic E-state index is -4.07. The fourth-order valence-corrected chi connectivity index (χ4v) is 5.62. The van der Waals surface area contributed by atoms with Gasteiger partial charge in [-0.3, -0.25) is 14.9 Å². The van der Waals surface area contributed by atoms with Gasteiger partial charge in [-0.15, -0.1) is 0 Å². The Hall–Kier alpha value is -2.46. The number of hydroxylamine groups is 1. The van der Waals surface area contributed by atoms with Gasteiger partial charge in [0.25, 0.3) is 5.91 Å². The van der Waals surface area contributed by atoms with Crippen molar-refractivity contribution in [3.63, 3.8) is 0 Å². The van der Waals surface area contributed by atoms with Crippen LogP contribution in [0.3, 0.4) is 0 Å². The molecule has 0 aliphatic carbocycles. The van der Waals surface area contributed by atoms with Crippen molar-refractivity contribution in [1.29, 1.82) is 0 Å². The van der Waals surface area contributed by atoms with Crippen LogP contribution in [0, 0.1) is 6.92 Å². The van der Waals surface area contributed by atoms with Crippen LogP contribution in [-0.4, -0.2) is 60.9 Å². The number of carbonyl (C=O) groups excluding carboxylic acids is 1. The Labute approximate surface area is 195 Å². The van der Waals surface area contributed by atoms with E-state index >= 15 is 0 Å². The molecule has 0 radical (unpaired) electrons. The second kappa shape index (κ2) is 11.6. The Kier molecular flexibility index (Phi) is 9.42. The third-order valence-corrected chi connectivity index (χ3v) is 8.50. The molecule has 1 heterocycles. The summed E-state index contributed by atoms with van der Waals surface area (Å²) in [6, 6.07) is 13.4. The number of carbonyl (C=O) groups is 1. The molecule has 0 spiro atoms. The lowest BCUT2D eigenvalue weighted by Gasteiger charge is -2.27. The highest BCUT2D eigenvalue weighted by Gasteiger charge is 2.47. The normalized spacial score (nSPS) is 16.3. The molecule has 182 valence electrons. The number of amides is 1. The highest BCUT2D eigenvalue weighted by atomic mass is 32.2. The van der Waals surface area contributed by atoms with Gasteiger partial charge in [0.05, 0.1) is 4.90 Å². The van der Waals surface area contributed by atoms with Gasteiger partial charge in [-0.25, -0.2) is 13.9 Å². The quantitative estimate of drug-likeness (QED) is 0.421. The molecular weight excluding hydrogens is 444 g/mol. The number of piperidine rings is 1. The van der Waals surface area contributed by atoms with Crippen LogP contribution in [-0.2, 0) is 21.1 Å². The van der Waals surface area contributed by atoms with E-state index in [4.69, 9.17) is 4.74 Å². The molecule has 33 heavy (non-hydrogen) atoms. The second-order valence-corrected chi connectivity index (χ2v) is 10.9. The van der Waals surface area contributed by atoms with Crippen molar-refractivity contribution < 1.29 is 28.6 Å². The van der Waals surface area contributed by atoms with Crippen LogP contribution in [0.1, 0.15) is 37.3 Å². The Morgan fingerprint density at radius 2 is 1.67 bits per heavy atom. The maximum Gasteiger partial charge on any atom is 0.265 e. The van der Waals surface area contributed by atoms with Crippen LogP contribution in [0.5, 0.6) is 5.75 Å². The zero-order valence-electron chi connectivity index (χ0n) is 19.2. The van der Waals surface area contributed by atoms with Gasteiger partial charge in [-0.05, 0) is 69.6 Å². The van der Waals surface area contributed by atoms with E-state index in [0.717, 1.165) is 25.2 Å². The average molecular weight is 479 g/mol. The molecule has 0 saturated carbocycles. The molecule has 0 aromatic heterocycles. The number of ether oxygens (including phenoxy) is 1. The predicted molar refractivity (Wildman–Crippen MR) is 126 cm³/mol. The topological polar surface area (TPSA) is 127 Å². The summed E-state index contributed by atoms with van der Waals surface area (Å²) in [6.45, 7) is 6.88. The van der Waals surface area contributed by atoms with Crippen LogP contribution in [0.15, 0.2) is 53.4 Å². The third kappa shape index (κ3) is 6.32. The summed E-state index contributed by atoms with van der Waals surface area (Å²) < 4.78 is 30.6. The molecule has 4 N–H and O–H groups in total. The average Bonchev–Trinajstić information content (AvgIpc) is 2.80. The van der Waals surface area contributed by atoms with E-state index in [1.165, 1.54) is 43.8 Å². The lowest BCUT2D eigenvalue weighted by molar-refractivity contribution is -0.131. The van der Waals surface area contributed by atoms with Crippen molar-refractivity contribution in [3.05, 3.63) is 59.7 Å². The number of hydrogen-bond donors (Lipinski definition) is 2. The zero-order valence-corrected chi connectivity index (χ0v) is 20.0. The number of rotatable bonds is 9. The number of sulfone groups is 1. The van der Waals surface area contributed by atoms with Crippen molar-refractivity contribution in [2.45, 2.75) is 49.2 Å². The highest BCUT2D eigenvalue weighted by molar-refractivity contribution is 7.93. The molecule has 1 aliphatic heterocycles. The minimum absolute atomic E-state index is 0. The van der Waals surface area contributed by atoms with E-state index in [-0.39, 0.29) is 16.8 Å². The highest BCUT2D eigenvalue weighted by Crippen LogP contribution is 2.30. The van der Waals surface area contributed by atoms with Crippen LogP contribution in [0.4, 0.5) is 0 Å². The summed E-state index contributed by atoms with van der Waals surface area (Å²) >= 11 is 0. The lowest BCUT2D eigenvalue weighted by Crippen LogP contribution is -2.51. The van der Waals surface area contributed by atoms with Crippen LogP contribution < -0.4 is 10.2 Å². The summed E-state index contributed by atoms with van der Waals surface area (Å²) in [4.78, 5) is 14.9. The van der Waals surface area contributed by atoms with E-state index in [0.29, 0.717) is 17.9 Å². The predicted octanol–water partition coefficient (Wildman–Crippen LogP) is 2.32. The number of aryl methyl sites for hydroxylation is 1. The minimum Gasteiger partial charge on any atom is -0.492 e. The summed E-state index contributed by atoms with van der Waals surface area (Å²) in [5, 5.41) is 9.26. The van der Waals surface area contributed by atoms with Gasteiger partial charge in [-0.1, -0.05) is 36.2 Å². The molecule has 1 fully saturated rings. The first-order valence-corrected chi connectivity index (χ1v) is 12.4. The van der Waals surface area contributed by atoms with Crippen LogP contribution in [0.2, 0.25) is 0 Å². The van der Waals surface area contributed by atoms with Gasteiger partial charge < -0.3 is 10.2 Å². The van der Waals surface area contributed by atoms with Crippen molar-refractivity contribution in [3.8, 4) is 5.75 Å². The number of nitrogens with zero attached hydrogens (tertiary/aromatic N) is 1. The number of benzene rings is 2. The monoisotopic (exact) mass is 478 g/mol. The van der Waals surface area contributed by atoms with E-state index in [1.54, 1.807) is 36.4 Å². The first-order chi connectivity index (χ1) is 15.3. The zero-order chi connectivity index (χ0) is 23.2. The van der Waals surface area contributed by atoms with Gasteiger partial charge in [0.2, 0.25) is 0 Å². The Morgan fingerprint density at radius 1 is 1.06 bits per heavy atom. The van der Waals surface area contributed by atoms with E-state index in [9.17, 15) is 18.4 Å². The Morgan fingerprint density at radius 3 is 2.24 bits per heavy atom. The molecule has 1 atom stereocenters. The largest absolute Gasteiger partial charge is 0.492 e. The summed E-state index contributed by atoms with van der Waals surface area (Å²) in [7, 11) is -4.07. The molecule has 1 saturated heterocycles. The van der Waals surface area contributed by atoms with Gasteiger partial charge in [0.15, 0.2) is 14.6 Å². The summed E-state index contributed by atoms with van der Waals surface area (Å²) in [5.74, 6) is -0.277. The Bertz CT molecular complexity index is 1000. The van der Waals surface area contributed by atoms with Crippen molar-refractivity contribution in [2.75, 3.05) is 26.2 Å². The molecular formula is C24H34N2O6S. The van der Waals surface area contributed by atoms with Gasteiger partial charge in [0, 0.05) is 13.0 Å². The van der Waals surface area contributed by atoms with Crippen LogP contribution in [0.25, 0.3) is 0 Å². The lowest BCUT2D eigenvalue weighted by atomic mass is 9.99. The SMILES string of the molecule is Cc1ccc(S(=O)(=O)C(C)(Cc2ccc(OCCN3CCCCC3)cc2)C(=O)NO)cc1.O. The molecule has 3 rings (SSSR count). The van der Waals surface area contributed by atoms with Gasteiger partial charge in [-0.2, -0.15) is 0 Å². The van der Waals surface area contributed by atoms with E-state index in [2.05, 4.69) is 4.90 Å². The molecule has 1 amide bonds. The van der Waals surface area contributed by atoms with Crippen LogP contribution >= 0.6 is 0 Å². The first kappa shape index (κ1) is 26.8. The Balaban J connectivity index is 0.00000385. The van der Waals surface area contributed by atoms with Gasteiger partial charge >= 0.3 is 0 Å². The third-order valence-electron chi connectivity index (χ3n) is 6.10. The standard InChI is InChI=1S/C24H32N2O5S.H2O/c1-19-6-12-22(13-7-19)32(29,30)24(2,23(27)25-28)18-20-8-10-21(11-9-20)31-17-16-26-14-4-3-5-15-26;/h6-13,28H,3-5,14-18H2,1-2H3,(H,25,27);1H2. The molecule has 0 bridgehead atoms. The van der Waals surface area contributed by atoms with Gasteiger partial charge in [0.1, 0.15) is 12.4 Å². The second-order valence-electron chi connectivity index (χ2n) is 8.56. The van der Waals surface area contributed by atoms with E-state index < -0.39 is 20.5 Å². The van der Waals surface area contributed by atoms with Crippen molar-refractivity contribution in [1.82, 2.24) is 10.4 Å². The maximum absolute atomic E-state index is 13.3. The summed E-state index contributed by atoms with van der Waals surface area (Å²) in [6.07, 6.45) is 3.68. The smallest absolute Gasteiger partial charge is 0.265 e. The molecule has 1 aliphatic rings. The fourth-order valence-electron chi connectivity index (χ4n) is 3.96. The molecule has 9 heteroatoms. The van der Waals surface area contributed by atoms with Crippen molar-refractivity contribution >= 4 is 15.7 Å². The molecule has 2 aromatic carbocycles. The molecule has 1 unspecified atom stereocenters. The number of nitrogens with one attached hydrogen (secondary N) is 1. The number of likely N-dealkylation sites (tertiary alicyclic amines) is 1. The molecule has 2 aromatic rings.